The highest BCUT2D eigenvalue weighted by atomic mass is 35.5. The van der Waals surface area contributed by atoms with Crippen molar-refractivity contribution in [2.75, 3.05) is 12.0 Å². The van der Waals surface area contributed by atoms with E-state index in [2.05, 4.69) is 25.8 Å². The molecule has 1 N–H and O–H groups in total. The molecule has 0 radical (unpaired) electrons. The van der Waals surface area contributed by atoms with Gasteiger partial charge in [0.05, 0.1) is 24.4 Å². The quantitative estimate of drug-likeness (QED) is 0.296. The van der Waals surface area contributed by atoms with Crippen LogP contribution >= 0.6 is 23.8 Å². The van der Waals surface area contributed by atoms with Gasteiger partial charge in [-0.3, -0.25) is 4.98 Å². The molecule has 170 valence electrons. The van der Waals surface area contributed by atoms with E-state index in [1.807, 2.05) is 66.9 Å². The van der Waals surface area contributed by atoms with Crippen LogP contribution in [0.25, 0.3) is 5.69 Å². The number of methoxy groups -OCH3 is 1. The molecule has 0 bridgehead atoms. The summed E-state index contributed by atoms with van der Waals surface area (Å²) >= 11 is 11.9. The normalized spacial score (nSPS) is 17.5. The summed E-state index contributed by atoms with van der Waals surface area (Å²) in [6.07, 6.45) is 3.78. The lowest BCUT2D eigenvalue weighted by molar-refractivity contribution is 0.0600. The average molecular weight is 489 g/mol. The summed E-state index contributed by atoms with van der Waals surface area (Å²) in [5, 5.41) is 4.74. The van der Waals surface area contributed by atoms with Crippen molar-refractivity contribution >= 4 is 40.6 Å². The third-order valence-corrected chi connectivity index (χ3v) is 6.42. The summed E-state index contributed by atoms with van der Waals surface area (Å²) in [6.45, 7) is 0. The maximum atomic E-state index is 11.9. The number of rotatable bonds is 5. The van der Waals surface area contributed by atoms with Crippen molar-refractivity contribution in [2.24, 2.45) is 0 Å². The summed E-state index contributed by atoms with van der Waals surface area (Å²) in [5.74, 6) is -0.367. The van der Waals surface area contributed by atoms with Crippen molar-refractivity contribution < 1.29 is 9.53 Å². The smallest absolute Gasteiger partial charge is 0.337 e. The zero-order valence-corrected chi connectivity index (χ0v) is 19.8. The molecule has 4 aromatic rings. The number of thiocarbonyl (C=S) groups is 1. The summed E-state index contributed by atoms with van der Waals surface area (Å²) in [5.41, 5.74) is 4.25. The largest absolute Gasteiger partial charge is 0.465 e. The number of anilines is 1. The number of halogens is 1. The Hall–Kier alpha value is -3.68. The van der Waals surface area contributed by atoms with Crippen LogP contribution in [0.4, 0.5) is 5.69 Å². The van der Waals surface area contributed by atoms with Crippen molar-refractivity contribution in [2.45, 2.75) is 12.1 Å². The third kappa shape index (κ3) is 4.04. The Bertz CT molecular complexity index is 1320. The SMILES string of the molecule is COC(=O)c1ccc(-n2cccc2C2C(c3ccccn3)NC(=S)N2c2ccc(Cl)cc2)cc1. The molecule has 2 aromatic heterocycles. The number of carbonyl (C=O) groups excluding carboxylic acids is 1. The van der Waals surface area contributed by atoms with Crippen LogP contribution in [0.3, 0.4) is 0 Å². The van der Waals surface area contributed by atoms with Crippen LogP contribution in [0.2, 0.25) is 5.02 Å². The maximum Gasteiger partial charge on any atom is 0.337 e. The molecule has 2 aromatic carbocycles. The zero-order chi connectivity index (χ0) is 23.7. The van der Waals surface area contributed by atoms with Crippen LogP contribution in [0.15, 0.2) is 91.3 Å². The van der Waals surface area contributed by atoms with E-state index in [0.29, 0.717) is 15.7 Å². The Kier molecular flexibility index (Phi) is 6.04. The van der Waals surface area contributed by atoms with Gasteiger partial charge in [-0.05, 0) is 85.0 Å². The molecule has 1 aliphatic rings. The number of ether oxygens (including phenoxy) is 1. The first-order chi connectivity index (χ1) is 16.6. The number of pyridine rings is 1. The molecule has 2 atom stereocenters. The molecule has 0 aliphatic carbocycles. The fourth-order valence-corrected chi connectivity index (χ4v) is 4.75. The first kappa shape index (κ1) is 22.1. The van der Waals surface area contributed by atoms with Crippen molar-refractivity contribution in [3.8, 4) is 5.69 Å². The minimum atomic E-state index is -0.367. The second kappa shape index (κ2) is 9.29. The summed E-state index contributed by atoms with van der Waals surface area (Å²) in [7, 11) is 1.37. The standard InChI is InChI=1S/C26H21ClN4O2S/c1-33-25(32)17-7-11-19(12-8-17)30-16-4-6-22(30)24-23(21-5-2-3-15-28-21)29-26(34)31(24)20-13-9-18(27)10-14-20/h2-16,23-24H,1H3,(H,29,34). The molecule has 0 spiro atoms. The Balaban J connectivity index is 1.61. The number of nitrogens with one attached hydrogen (secondary N) is 1. The predicted octanol–water partition coefficient (Wildman–Crippen LogP) is 5.49. The monoisotopic (exact) mass is 488 g/mol. The highest BCUT2D eigenvalue weighted by Gasteiger charge is 2.42. The molecule has 34 heavy (non-hydrogen) atoms. The molecule has 6 nitrogen and oxygen atoms in total. The predicted molar refractivity (Wildman–Crippen MR) is 136 cm³/mol. The van der Waals surface area contributed by atoms with E-state index in [1.165, 1.54) is 7.11 Å². The molecule has 1 aliphatic heterocycles. The first-order valence-electron chi connectivity index (χ1n) is 10.7. The van der Waals surface area contributed by atoms with Gasteiger partial charge in [0.1, 0.15) is 6.04 Å². The fourth-order valence-electron chi connectivity index (χ4n) is 4.28. The highest BCUT2D eigenvalue weighted by molar-refractivity contribution is 7.80. The minimum absolute atomic E-state index is 0.174. The van der Waals surface area contributed by atoms with Crippen molar-refractivity contribution in [3.05, 3.63) is 113 Å². The topological polar surface area (TPSA) is 59.4 Å². The Morgan fingerprint density at radius 1 is 1.00 bits per heavy atom. The second-order valence-electron chi connectivity index (χ2n) is 7.81. The number of aromatic nitrogens is 2. The zero-order valence-electron chi connectivity index (χ0n) is 18.3. The molecule has 3 heterocycles. The number of hydrogen-bond donors (Lipinski definition) is 1. The van der Waals surface area contributed by atoms with Gasteiger partial charge in [0.25, 0.3) is 0 Å². The van der Waals surface area contributed by atoms with E-state index in [4.69, 9.17) is 28.6 Å². The van der Waals surface area contributed by atoms with Crippen LogP contribution in [0.1, 0.15) is 33.8 Å². The van der Waals surface area contributed by atoms with Gasteiger partial charge in [-0.1, -0.05) is 17.7 Å². The Labute approximate surface area is 207 Å². The van der Waals surface area contributed by atoms with Gasteiger partial charge >= 0.3 is 5.97 Å². The summed E-state index contributed by atoms with van der Waals surface area (Å²) < 4.78 is 6.92. The maximum absolute atomic E-state index is 11.9. The Morgan fingerprint density at radius 2 is 1.74 bits per heavy atom. The number of esters is 1. The van der Waals surface area contributed by atoms with E-state index in [9.17, 15) is 4.79 Å². The van der Waals surface area contributed by atoms with E-state index in [1.54, 1.807) is 18.3 Å². The molecular weight excluding hydrogens is 468 g/mol. The molecule has 2 unspecified atom stereocenters. The van der Waals surface area contributed by atoms with Crippen LogP contribution in [0.5, 0.6) is 0 Å². The van der Waals surface area contributed by atoms with Gasteiger partial charge in [-0.25, -0.2) is 4.79 Å². The number of benzene rings is 2. The number of hydrogen-bond acceptors (Lipinski definition) is 4. The van der Waals surface area contributed by atoms with Gasteiger partial charge in [0.15, 0.2) is 5.11 Å². The van der Waals surface area contributed by atoms with E-state index < -0.39 is 0 Å². The van der Waals surface area contributed by atoms with Gasteiger partial charge in [-0.2, -0.15) is 0 Å². The minimum Gasteiger partial charge on any atom is -0.465 e. The van der Waals surface area contributed by atoms with Gasteiger partial charge in [0.2, 0.25) is 0 Å². The van der Waals surface area contributed by atoms with Crippen LogP contribution < -0.4 is 10.2 Å². The molecule has 0 amide bonds. The van der Waals surface area contributed by atoms with E-state index in [0.717, 1.165) is 22.8 Å². The lowest BCUT2D eigenvalue weighted by Crippen LogP contribution is -2.30. The highest BCUT2D eigenvalue weighted by Crippen LogP contribution is 2.42. The van der Waals surface area contributed by atoms with Crippen molar-refractivity contribution in [3.63, 3.8) is 0 Å². The summed E-state index contributed by atoms with van der Waals surface area (Å²) in [6, 6.07) is 24.5. The third-order valence-electron chi connectivity index (χ3n) is 5.85. The molecular formula is C26H21ClN4O2S. The Morgan fingerprint density at radius 3 is 2.41 bits per heavy atom. The number of nitrogens with zero attached hydrogens (tertiary/aromatic N) is 3. The lowest BCUT2D eigenvalue weighted by Gasteiger charge is -2.29. The van der Waals surface area contributed by atoms with Gasteiger partial charge in [-0.15, -0.1) is 0 Å². The van der Waals surface area contributed by atoms with Crippen LogP contribution in [-0.4, -0.2) is 27.7 Å². The van der Waals surface area contributed by atoms with Gasteiger partial charge in [0, 0.05) is 34.5 Å². The molecule has 8 heteroatoms. The van der Waals surface area contributed by atoms with Crippen LogP contribution in [-0.2, 0) is 4.74 Å². The second-order valence-corrected chi connectivity index (χ2v) is 8.64. The average Bonchev–Trinajstić information content (AvgIpc) is 3.49. The number of carbonyl (C=O) groups is 1. The van der Waals surface area contributed by atoms with E-state index >= 15 is 0 Å². The molecule has 5 rings (SSSR count). The molecule has 1 fully saturated rings. The lowest BCUT2D eigenvalue weighted by atomic mass is 10.0. The fraction of sp³-hybridized carbons (Fsp3) is 0.115. The first-order valence-corrected chi connectivity index (χ1v) is 11.5. The van der Waals surface area contributed by atoms with E-state index in [-0.39, 0.29) is 18.1 Å². The summed E-state index contributed by atoms with van der Waals surface area (Å²) in [4.78, 5) is 18.6. The van der Waals surface area contributed by atoms with Gasteiger partial charge < -0.3 is 19.5 Å². The van der Waals surface area contributed by atoms with Crippen molar-refractivity contribution in [1.29, 1.82) is 0 Å². The van der Waals surface area contributed by atoms with Crippen LogP contribution in [0, 0.1) is 0 Å². The van der Waals surface area contributed by atoms with Crippen molar-refractivity contribution in [1.82, 2.24) is 14.9 Å². The molecule has 1 saturated heterocycles. The molecule has 0 saturated carbocycles.